The Balaban J connectivity index is 1.93. The second-order valence-corrected chi connectivity index (χ2v) is 5.85. The third-order valence-corrected chi connectivity index (χ3v) is 3.96. The summed E-state index contributed by atoms with van der Waals surface area (Å²) in [6.07, 6.45) is 0. The lowest BCUT2D eigenvalue weighted by Crippen LogP contribution is -2.28. The van der Waals surface area contributed by atoms with Crippen LogP contribution in [0.4, 0.5) is 4.39 Å². The zero-order valence-corrected chi connectivity index (χ0v) is 16.1. The molecule has 0 saturated carbocycles. The number of hydrogen-bond acceptors (Lipinski definition) is 6. The fourth-order valence-electron chi connectivity index (χ4n) is 2.42. The predicted molar refractivity (Wildman–Crippen MR) is 99.4 cm³/mol. The number of benzene rings is 2. The van der Waals surface area contributed by atoms with Gasteiger partial charge in [-0.3, -0.25) is 4.79 Å². The van der Waals surface area contributed by atoms with E-state index >= 15 is 0 Å². The summed E-state index contributed by atoms with van der Waals surface area (Å²) < 4.78 is 34.2. The molecule has 150 valence electrons. The topological polar surface area (TPSA) is 83.1 Å². The highest BCUT2D eigenvalue weighted by molar-refractivity contribution is 5.91. The van der Waals surface area contributed by atoms with Gasteiger partial charge in [0.15, 0.2) is 18.1 Å². The molecule has 0 aliphatic carbocycles. The number of halogens is 1. The summed E-state index contributed by atoms with van der Waals surface area (Å²) in [5, 5.41) is 2.62. The van der Waals surface area contributed by atoms with E-state index in [9.17, 15) is 14.0 Å². The summed E-state index contributed by atoms with van der Waals surface area (Å²) in [4.78, 5) is 23.9. The van der Waals surface area contributed by atoms with E-state index in [2.05, 4.69) is 5.32 Å². The quantitative estimate of drug-likeness (QED) is 0.697. The maximum atomic E-state index is 13.5. The van der Waals surface area contributed by atoms with Crippen LogP contribution in [0.25, 0.3) is 0 Å². The van der Waals surface area contributed by atoms with Gasteiger partial charge in [-0.2, -0.15) is 0 Å². The lowest BCUT2D eigenvalue weighted by molar-refractivity contribution is -0.124. The minimum Gasteiger partial charge on any atom is -0.493 e. The molecule has 2 aromatic carbocycles. The normalized spacial score (nSPS) is 10.2. The first-order valence-corrected chi connectivity index (χ1v) is 8.38. The van der Waals surface area contributed by atoms with E-state index in [1.165, 1.54) is 33.5 Å². The minimum atomic E-state index is -0.776. The van der Waals surface area contributed by atoms with Crippen molar-refractivity contribution in [3.63, 3.8) is 0 Å². The molecule has 0 atom stereocenters. The maximum absolute atomic E-state index is 13.5. The highest BCUT2D eigenvalue weighted by Gasteiger charge is 2.15. The number of carbonyl (C=O) groups excluding carboxylic acids is 2. The van der Waals surface area contributed by atoms with Crippen LogP contribution in [0.2, 0.25) is 0 Å². The molecule has 1 amide bonds. The summed E-state index contributed by atoms with van der Waals surface area (Å²) in [6.45, 7) is 1.26. The van der Waals surface area contributed by atoms with E-state index in [-0.39, 0.29) is 12.1 Å². The number of hydrogen-bond donors (Lipinski definition) is 1. The van der Waals surface area contributed by atoms with Crippen molar-refractivity contribution in [2.45, 2.75) is 13.5 Å². The molecule has 0 aliphatic rings. The molecule has 28 heavy (non-hydrogen) atoms. The zero-order chi connectivity index (χ0) is 20.7. The summed E-state index contributed by atoms with van der Waals surface area (Å²) >= 11 is 0. The van der Waals surface area contributed by atoms with Gasteiger partial charge in [0.25, 0.3) is 5.91 Å². The van der Waals surface area contributed by atoms with Crippen LogP contribution < -0.4 is 19.5 Å². The molecule has 0 heterocycles. The Hall–Kier alpha value is -3.29. The molecule has 0 saturated heterocycles. The summed E-state index contributed by atoms with van der Waals surface area (Å²) in [5.41, 5.74) is 1.16. The van der Waals surface area contributed by atoms with Crippen molar-refractivity contribution < 1.29 is 32.9 Å². The average Bonchev–Trinajstić information content (AvgIpc) is 2.71. The van der Waals surface area contributed by atoms with Crippen LogP contribution in [-0.2, 0) is 16.1 Å². The highest BCUT2D eigenvalue weighted by Crippen LogP contribution is 2.38. The van der Waals surface area contributed by atoms with Gasteiger partial charge < -0.3 is 24.3 Å². The Morgan fingerprint density at radius 1 is 1.00 bits per heavy atom. The Labute approximate surface area is 162 Å². The third kappa shape index (κ3) is 5.12. The molecule has 0 fully saturated rings. The van der Waals surface area contributed by atoms with Gasteiger partial charge in [0, 0.05) is 6.54 Å². The van der Waals surface area contributed by atoms with E-state index in [4.69, 9.17) is 18.9 Å². The van der Waals surface area contributed by atoms with Crippen molar-refractivity contribution in [1.82, 2.24) is 5.32 Å². The Morgan fingerprint density at radius 3 is 2.18 bits per heavy atom. The number of amides is 1. The van der Waals surface area contributed by atoms with E-state index in [1.54, 1.807) is 19.1 Å². The number of esters is 1. The van der Waals surface area contributed by atoms with Crippen LogP contribution in [0.1, 0.15) is 21.5 Å². The maximum Gasteiger partial charge on any atom is 0.338 e. The second kappa shape index (κ2) is 9.59. The summed E-state index contributed by atoms with van der Waals surface area (Å²) in [7, 11) is 4.48. The van der Waals surface area contributed by atoms with Gasteiger partial charge in [0.05, 0.1) is 26.9 Å². The fraction of sp³-hybridized carbons (Fsp3) is 0.300. The van der Waals surface area contributed by atoms with Gasteiger partial charge in [-0.05, 0) is 42.3 Å². The molecule has 1 N–H and O–H groups in total. The van der Waals surface area contributed by atoms with Gasteiger partial charge in [-0.15, -0.1) is 0 Å². The zero-order valence-electron chi connectivity index (χ0n) is 16.1. The van der Waals surface area contributed by atoms with Crippen LogP contribution in [0, 0.1) is 12.7 Å². The Bertz CT molecular complexity index is 843. The number of methoxy groups -OCH3 is 3. The Morgan fingerprint density at radius 2 is 1.64 bits per heavy atom. The van der Waals surface area contributed by atoms with E-state index in [1.807, 2.05) is 0 Å². The molecular formula is C20H22FNO6. The van der Waals surface area contributed by atoms with E-state index in [0.29, 0.717) is 28.4 Å². The number of nitrogens with one attached hydrogen (secondary N) is 1. The first-order valence-electron chi connectivity index (χ1n) is 8.38. The van der Waals surface area contributed by atoms with Crippen LogP contribution in [-0.4, -0.2) is 39.8 Å². The third-order valence-electron chi connectivity index (χ3n) is 3.96. The number of ether oxygens (including phenoxy) is 4. The molecule has 0 bridgehead atoms. The average molecular weight is 391 g/mol. The van der Waals surface area contributed by atoms with E-state index < -0.39 is 24.3 Å². The van der Waals surface area contributed by atoms with Crippen molar-refractivity contribution in [2.75, 3.05) is 27.9 Å². The monoisotopic (exact) mass is 391 g/mol. The minimum absolute atomic E-state index is 0.0422. The smallest absolute Gasteiger partial charge is 0.338 e. The molecular weight excluding hydrogens is 369 g/mol. The standard InChI is InChI=1S/C20H22FNO6/c1-12-5-6-14(9-15(12)21)20(24)28-11-18(23)22-10-13-7-16(25-2)19(27-4)17(8-13)26-3/h5-9H,10-11H2,1-4H3,(H,22,23). The molecule has 0 aromatic heterocycles. The van der Waals surface area contributed by atoms with Crippen molar-refractivity contribution in [2.24, 2.45) is 0 Å². The number of rotatable bonds is 8. The predicted octanol–water partition coefficient (Wildman–Crippen LogP) is 2.63. The van der Waals surface area contributed by atoms with Gasteiger partial charge in [0.1, 0.15) is 5.82 Å². The number of aryl methyl sites for hydroxylation is 1. The first kappa shape index (κ1) is 21.0. The van der Waals surface area contributed by atoms with Gasteiger partial charge >= 0.3 is 5.97 Å². The van der Waals surface area contributed by atoms with Crippen molar-refractivity contribution in [1.29, 1.82) is 0 Å². The molecule has 7 nitrogen and oxygen atoms in total. The van der Waals surface area contributed by atoms with Crippen molar-refractivity contribution in [3.8, 4) is 17.2 Å². The fourth-order valence-corrected chi connectivity index (χ4v) is 2.42. The Kier molecular flexibility index (Phi) is 7.20. The molecule has 2 rings (SSSR count). The van der Waals surface area contributed by atoms with Gasteiger partial charge in [-0.1, -0.05) is 6.07 Å². The highest BCUT2D eigenvalue weighted by atomic mass is 19.1. The molecule has 0 spiro atoms. The van der Waals surface area contributed by atoms with Crippen LogP contribution >= 0.6 is 0 Å². The lowest BCUT2D eigenvalue weighted by atomic mass is 10.1. The summed E-state index contributed by atoms with van der Waals surface area (Å²) in [6, 6.07) is 7.38. The van der Waals surface area contributed by atoms with Crippen molar-refractivity contribution in [3.05, 3.63) is 52.8 Å². The van der Waals surface area contributed by atoms with Gasteiger partial charge in [-0.25, -0.2) is 9.18 Å². The molecule has 0 aliphatic heterocycles. The van der Waals surface area contributed by atoms with Crippen LogP contribution in [0.5, 0.6) is 17.2 Å². The summed E-state index contributed by atoms with van der Waals surface area (Å²) in [5.74, 6) is -0.435. The lowest BCUT2D eigenvalue weighted by Gasteiger charge is -2.14. The molecule has 0 unspecified atom stereocenters. The van der Waals surface area contributed by atoms with Crippen LogP contribution in [0.15, 0.2) is 30.3 Å². The van der Waals surface area contributed by atoms with Gasteiger partial charge in [0.2, 0.25) is 5.75 Å². The molecule has 2 aromatic rings. The SMILES string of the molecule is COc1cc(CNC(=O)COC(=O)c2ccc(C)c(F)c2)cc(OC)c1OC. The van der Waals surface area contributed by atoms with Crippen LogP contribution in [0.3, 0.4) is 0 Å². The van der Waals surface area contributed by atoms with E-state index in [0.717, 1.165) is 6.07 Å². The largest absolute Gasteiger partial charge is 0.493 e. The second-order valence-electron chi connectivity index (χ2n) is 5.85. The molecule has 0 radical (unpaired) electrons. The first-order chi connectivity index (χ1) is 13.4. The van der Waals surface area contributed by atoms with Crippen molar-refractivity contribution >= 4 is 11.9 Å². The number of carbonyl (C=O) groups is 2. The molecule has 8 heteroatoms.